The van der Waals surface area contributed by atoms with Gasteiger partial charge in [-0.2, -0.15) is 13.2 Å². The number of rotatable bonds is 9. The molecular weight excluding hydrogens is 569 g/mol. The van der Waals surface area contributed by atoms with Crippen LogP contribution in [0.5, 0.6) is 0 Å². The van der Waals surface area contributed by atoms with Crippen molar-refractivity contribution in [3.8, 4) is 0 Å². The number of alkyl halides is 3. The number of amides is 2. The topological polar surface area (TPSA) is 142 Å². The minimum atomic E-state index is -5.08. The van der Waals surface area contributed by atoms with E-state index in [1.54, 1.807) is 12.1 Å². The molecule has 1 aliphatic carbocycles. The lowest BCUT2D eigenvalue weighted by Gasteiger charge is -2.40. The van der Waals surface area contributed by atoms with E-state index in [0.29, 0.717) is 24.5 Å². The van der Waals surface area contributed by atoms with Crippen LogP contribution < -0.4 is 11.2 Å². The Morgan fingerprint density at radius 1 is 1.12 bits per heavy atom. The number of ether oxygens (including phenoxy) is 1. The first-order valence-corrected chi connectivity index (χ1v) is 13.9. The summed E-state index contributed by atoms with van der Waals surface area (Å²) in [6.45, 7) is 4.46. The molecule has 1 aromatic rings. The van der Waals surface area contributed by atoms with E-state index in [1.807, 2.05) is 29.0 Å². The second-order valence-electron chi connectivity index (χ2n) is 10.3. The number of nitrogens with one attached hydrogen (secondary N) is 1. The van der Waals surface area contributed by atoms with Crippen molar-refractivity contribution in [1.82, 2.24) is 15.3 Å². The molecule has 1 saturated heterocycles. The second-order valence-corrected chi connectivity index (χ2v) is 10.8. The van der Waals surface area contributed by atoms with E-state index < -0.39 is 24.1 Å². The van der Waals surface area contributed by atoms with Crippen molar-refractivity contribution < 1.29 is 42.2 Å². The Balaban J connectivity index is 0.000000745. The smallest absolute Gasteiger partial charge is 0.475 e. The molecule has 14 heteroatoms. The zero-order chi connectivity index (χ0) is 30.7. The van der Waals surface area contributed by atoms with Crippen molar-refractivity contribution >= 4 is 35.4 Å². The zero-order valence-electron chi connectivity index (χ0n) is 23.2. The molecule has 2 aliphatic rings. The fraction of sp³-hybridized carbons (Fsp3) is 0.630. The molecule has 2 fully saturated rings. The van der Waals surface area contributed by atoms with Gasteiger partial charge < -0.3 is 20.5 Å². The largest absolute Gasteiger partial charge is 0.490 e. The quantitative estimate of drug-likeness (QED) is 0.364. The molecule has 3 atom stereocenters. The zero-order valence-corrected chi connectivity index (χ0v) is 23.9. The lowest BCUT2D eigenvalue weighted by Crippen LogP contribution is -2.53. The van der Waals surface area contributed by atoms with Gasteiger partial charge >= 0.3 is 18.1 Å². The second kappa shape index (κ2) is 15.9. The molecule has 1 heterocycles. The molecule has 0 radical (unpaired) electrons. The molecule has 230 valence electrons. The van der Waals surface area contributed by atoms with Gasteiger partial charge in [-0.05, 0) is 43.4 Å². The number of hydrogen-bond donors (Lipinski definition) is 3. The Morgan fingerprint density at radius 3 is 2.24 bits per heavy atom. The summed E-state index contributed by atoms with van der Waals surface area (Å²) >= 11 is 5.93. The summed E-state index contributed by atoms with van der Waals surface area (Å²) in [5.74, 6) is -3.76. The van der Waals surface area contributed by atoms with E-state index in [1.165, 1.54) is 13.3 Å². The SMILES string of the molecule is CC(=O)OC[C@@H](C)C(=O)N(C1CCCCC1)[C@H]1CCN(NC(=O)[C@H](N)Cc2ccc(Cl)cc2)C1.O=C(O)C(F)(F)F. The minimum Gasteiger partial charge on any atom is -0.475 e. The third-order valence-corrected chi connectivity index (χ3v) is 7.21. The maximum Gasteiger partial charge on any atom is 0.490 e. The van der Waals surface area contributed by atoms with Gasteiger partial charge in [0.1, 0.15) is 6.61 Å². The average molecular weight is 607 g/mol. The molecule has 0 aromatic heterocycles. The van der Waals surface area contributed by atoms with Crippen LogP contribution in [0.15, 0.2) is 24.3 Å². The monoisotopic (exact) mass is 606 g/mol. The summed E-state index contributed by atoms with van der Waals surface area (Å²) in [6.07, 6.45) is 1.50. The first kappa shape index (κ1) is 34.3. The average Bonchev–Trinajstić information content (AvgIpc) is 3.36. The lowest BCUT2D eigenvalue weighted by molar-refractivity contribution is -0.192. The number of carbonyl (C=O) groups is 4. The normalized spacial score (nSPS) is 19.3. The molecule has 3 rings (SSSR count). The Bertz CT molecular complexity index is 1040. The Morgan fingerprint density at radius 2 is 1.71 bits per heavy atom. The van der Waals surface area contributed by atoms with Gasteiger partial charge in [-0.25, -0.2) is 9.80 Å². The van der Waals surface area contributed by atoms with E-state index in [9.17, 15) is 27.6 Å². The van der Waals surface area contributed by atoms with Gasteiger partial charge in [-0.3, -0.25) is 19.8 Å². The number of carboxylic acids is 1. The summed E-state index contributed by atoms with van der Waals surface area (Å²) in [7, 11) is 0. The van der Waals surface area contributed by atoms with Crippen LogP contribution in [-0.2, 0) is 30.3 Å². The number of carboxylic acid groups (broad SMARTS) is 1. The molecule has 1 saturated carbocycles. The van der Waals surface area contributed by atoms with Crippen molar-refractivity contribution in [2.45, 2.75) is 83.1 Å². The number of halogens is 4. The predicted molar refractivity (Wildman–Crippen MR) is 144 cm³/mol. The first-order valence-electron chi connectivity index (χ1n) is 13.5. The highest BCUT2D eigenvalue weighted by molar-refractivity contribution is 6.30. The van der Waals surface area contributed by atoms with Crippen molar-refractivity contribution in [2.24, 2.45) is 11.7 Å². The molecule has 2 amide bonds. The van der Waals surface area contributed by atoms with Crippen LogP contribution in [0.2, 0.25) is 5.02 Å². The third kappa shape index (κ3) is 11.5. The van der Waals surface area contributed by atoms with E-state index >= 15 is 0 Å². The van der Waals surface area contributed by atoms with Gasteiger partial charge in [0.25, 0.3) is 5.91 Å². The molecule has 4 N–H and O–H groups in total. The molecule has 1 aliphatic heterocycles. The fourth-order valence-electron chi connectivity index (χ4n) is 4.86. The lowest BCUT2D eigenvalue weighted by atomic mass is 9.92. The molecule has 0 spiro atoms. The fourth-order valence-corrected chi connectivity index (χ4v) is 4.99. The number of nitrogens with zero attached hydrogens (tertiary/aromatic N) is 2. The third-order valence-electron chi connectivity index (χ3n) is 6.95. The van der Waals surface area contributed by atoms with Crippen LogP contribution in [0.3, 0.4) is 0 Å². The number of esters is 1. The van der Waals surface area contributed by atoms with Gasteiger partial charge in [-0.1, -0.05) is 49.9 Å². The Hall–Kier alpha value is -2.90. The number of hydrogen-bond acceptors (Lipinski definition) is 7. The highest BCUT2D eigenvalue weighted by Gasteiger charge is 2.39. The van der Waals surface area contributed by atoms with E-state index in [2.05, 4.69) is 5.43 Å². The van der Waals surface area contributed by atoms with Gasteiger partial charge in [-0.15, -0.1) is 0 Å². The molecule has 10 nitrogen and oxygen atoms in total. The van der Waals surface area contributed by atoms with Gasteiger partial charge in [0, 0.05) is 37.1 Å². The summed E-state index contributed by atoms with van der Waals surface area (Å²) in [5, 5.41) is 9.64. The van der Waals surface area contributed by atoms with E-state index in [4.69, 9.17) is 32.0 Å². The highest BCUT2D eigenvalue weighted by atomic mass is 35.5. The predicted octanol–water partition coefficient (Wildman–Crippen LogP) is 3.31. The van der Waals surface area contributed by atoms with Crippen LogP contribution in [0, 0.1) is 5.92 Å². The maximum absolute atomic E-state index is 13.4. The van der Waals surface area contributed by atoms with Crippen molar-refractivity contribution in [3.05, 3.63) is 34.9 Å². The maximum atomic E-state index is 13.4. The van der Waals surface area contributed by atoms with Gasteiger partial charge in [0.2, 0.25) is 5.91 Å². The van der Waals surface area contributed by atoms with Crippen LogP contribution in [0.4, 0.5) is 13.2 Å². The van der Waals surface area contributed by atoms with Crippen LogP contribution in [-0.4, -0.2) is 82.8 Å². The standard InChI is InChI=1S/C25H37ClN4O4.C2HF3O2/c1-17(16-34-18(2)31)25(33)30(21-6-4-3-5-7-21)22-12-13-29(15-22)28-24(32)23(27)14-19-8-10-20(26)11-9-19;3-2(4,5)1(6)7/h8-11,17,21-23H,3-7,12-16,27H2,1-2H3,(H,28,32);(H,6,7)/t17-,22+,23-;/m1./s1. The van der Waals surface area contributed by atoms with E-state index in [0.717, 1.165) is 37.7 Å². The summed E-state index contributed by atoms with van der Waals surface area (Å²) < 4.78 is 36.8. The molecule has 1 aromatic carbocycles. The van der Waals surface area contributed by atoms with Crippen molar-refractivity contribution in [3.63, 3.8) is 0 Å². The first-order chi connectivity index (χ1) is 19.2. The van der Waals surface area contributed by atoms with Crippen LogP contribution in [0.25, 0.3) is 0 Å². The highest BCUT2D eigenvalue weighted by Crippen LogP contribution is 2.29. The van der Waals surface area contributed by atoms with Crippen LogP contribution >= 0.6 is 11.6 Å². The Kier molecular flexibility index (Phi) is 13.3. The van der Waals surface area contributed by atoms with Gasteiger partial charge in [0.05, 0.1) is 12.0 Å². The molecule has 41 heavy (non-hydrogen) atoms. The number of hydrazine groups is 1. The van der Waals surface area contributed by atoms with Gasteiger partial charge in [0.15, 0.2) is 0 Å². The number of nitrogens with two attached hydrogens (primary N) is 1. The summed E-state index contributed by atoms with van der Waals surface area (Å²) in [5.41, 5.74) is 10.0. The number of benzene rings is 1. The Labute approximate surface area is 242 Å². The van der Waals surface area contributed by atoms with Crippen molar-refractivity contribution in [2.75, 3.05) is 19.7 Å². The summed E-state index contributed by atoms with van der Waals surface area (Å²) in [4.78, 5) is 48.2. The molecule has 0 bridgehead atoms. The minimum absolute atomic E-state index is 0.00293. The van der Waals surface area contributed by atoms with E-state index in [-0.39, 0.29) is 36.5 Å². The number of carbonyl (C=O) groups excluding carboxylic acids is 3. The number of aliphatic carboxylic acids is 1. The van der Waals surface area contributed by atoms with Crippen molar-refractivity contribution in [1.29, 1.82) is 0 Å². The molecule has 0 unspecified atom stereocenters. The molecular formula is C27H38ClF3N4O6. The summed E-state index contributed by atoms with van der Waals surface area (Å²) in [6, 6.07) is 6.81. The van der Waals surface area contributed by atoms with Crippen LogP contribution in [0.1, 0.15) is 57.9 Å².